The molecule has 0 aromatic carbocycles. The van der Waals surface area contributed by atoms with Gasteiger partial charge in [0.1, 0.15) is 5.82 Å². The van der Waals surface area contributed by atoms with E-state index in [0.29, 0.717) is 13.1 Å². The molecule has 2 N–H and O–H groups in total. The summed E-state index contributed by atoms with van der Waals surface area (Å²) in [6.45, 7) is 3.98. The average molecular weight is 344 g/mol. The second kappa shape index (κ2) is 6.01. The minimum atomic E-state index is 0.0129. The lowest BCUT2D eigenvalue weighted by Crippen LogP contribution is -2.47. The predicted molar refractivity (Wildman–Crippen MR) is 92.6 cm³/mol. The molecule has 3 aliphatic heterocycles. The van der Waals surface area contributed by atoms with Gasteiger partial charge in [-0.1, -0.05) is 0 Å². The lowest BCUT2D eigenvalue weighted by Gasteiger charge is -2.35. The Hall–Kier alpha value is -2.22. The van der Waals surface area contributed by atoms with E-state index in [4.69, 9.17) is 5.73 Å². The number of nitrogens with two attached hydrogens (primary N) is 1. The third kappa shape index (κ3) is 2.82. The zero-order valence-electron chi connectivity index (χ0n) is 13.6. The van der Waals surface area contributed by atoms with Crippen molar-refractivity contribution in [1.29, 1.82) is 0 Å². The highest BCUT2D eigenvalue weighted by atomic mass is 32.1. The Kier molecular flexibility index (Phi) is 3.84. The number of hydrogen-bond acceptors (Lipinski definition) is 7. The van der Waals surface area contributed by atoms with Gasteiger partial charge in [-0.3, -0.25) is 4.79 Å². The van der Waals surface area contributed by atoms with Gasteiger partial charge in [-0.2, -0.15) is 4.98 Å². The van der Waals surface area contributed by atoms with Gasteiger partial charge in [0.25, 0.3) is 0 Å². The minimum absolute atomic E-state index is 0.0129. The second-order valence-corrected chi connectivity index (χ2v) is 7.22. The van der Waals surface area contributed by atoms with Crippen LogP contribution in [0.4, 0.5) is 11.8 Å². The van der Waals surface area contributed by atoms with Gasteiger partial charge in [-0.15, -0.1) is 11.3 Å². The first-order chi connectivity index (χ1) is 11.6. The van der Waals surface area contributed by atoms with Crippen molar-refractivity contribution in [2.75, 3.05) is 23.7 Å². The summed E-state index contributed by atoms with van der Waals surface area (Å²) in [5.41, 5.74) is 9.43. The zero-order valence-corrected chi connectivity index (χ0v) is 14.4. The first kappa shape index (κ1) is 15.3. The third-order valence-corrected chi connectivity index (χ3v) is 5.43. The molecule has 3 saturated heterocycles. The number of nitrogens with zero attached hydrogens (tertiary/aromatic N) is 5. The van der Waals surface area contributed by atoms with Crippen LogP contribution in [0.3, 0.4) is 0 Å². The number of carbonyl (C=O) groups is 1. The molecule has 0 spiro atoms. The van der Waals surface area contributed by atoms with Gasteiger partial charge < -0.3 is 15.5 Å². The van der Waals surface area contributed by atoms with Gasteiger partial charge in [-0.05, 0) is 19.8 Å². The zero-order chi connectivity index (χ0) is 16.7. The molecule has 3 fully saturated rings. The fourth-order valence-corrected chi connectivity index (χ4v) is 4.21. The average Bonchev–Trinajstić information content (AvgIpc) is 2.90. The molecule has 2 atom stereocenters. The van der Waals surface area contributed by atoms with Crippen molar-refractivity contribution >= 4 is 29.0 Å². The maximum Gasteiger partial charge on any atom is 0.228 e. The molecule has 0 aliphatic carbocycles. The van der Waals surface area contributed by atoms with E-state index < -0.39 is 0 Å². The first-order valence-corrected chi connectivity index (χ1v) is 9.08. The highest BCUT2D eigenvalue weighted by Gasteiger charge is 2.41. The van der Waals surface area contributed by atoms with Crippen molar-refractivity contribution in [3.8, 4) is 0 Å². The van der Waals surface area contributed by atoms with Crippen molar-refractivity contribution in [2.24, 2.45) is 5.92 Å². The Bertz CT molecular complexity index is 729. The standard InChI is InChI=1S/C16H20N6OS/c1-10-4-14(20-16(17)19-10)21-5-11-2-3-13(7-21)22(15(11)23)6-12-8-24-9-18-12/h4,8-9,11,13H,2-3,5-7H2,1H3,(H2,17,19,20)/t11-,13+/m0/s1. The Balaban J connectivity index is 1.60. The van der Waals surface area contributed by atoms with E-state index >= 15 is 0 Å². The predicted octanol–water partition coefficient (Wildman–Crippen LogP) is 1.45. The number of piperidine rings is 1. The second-order valence-electron chi connectivity index (χ2n) is 6.50. The molecule has 0 unspecified atom stereocenters. The van der Waals surface area contributed by atoms with E-state index in [1.165, 1.54) is 0 Å². The number of carbonyl (C=O) groups excluding carboxylic acids is 1. The van der Waals surface area contributed by atoms with Gasteiger partial charge in [0.05, 0.1) is 23.7 Å². The summed E-state index contributed by atoms with van der Waals surface area (Å²) in [6.07, 6.45) is 1.96. The smallest absolute Gasteiger partial charge is 0.228 e. The number of aromatic nitrogens is 3. The molecule has 7 nitrogen and oxygen atoms in total. The van der Waals surface area contributed by atoms with E-state index in [0.717, 1.165) is 36.6 Å². The molecular weight excluding hydrogens is 324 g/mol. The van der Waals surface area contributed by atoms with Crippen molar-refractivity contribution < 1.29 is 4.79 Å². The summed E-state index contributed by atoms with van der Waals surface area (Å²) >= 11 is 1.56. The van der Waals surface area contributed by atoms with E-state index in [1.807, 2.05) is 28.8 Å². The van der Waals surface area contributed by atoms with Crippen molar-refractivity contribution in [3.05, 3.63) is 28.3 Å². The van der Waals surface area contributed by atoms with Crippen LogP contribution >= 0.6 is 11.3 Å². The number of thiazole rings is 1. The summed E-state index contributed by atoms with van der Waals surface area (Å²) in [5, 5.41) is 2.01. The van der Waals surface area contributed by atoms with Crippen LogP contribution in [0.15, 0.2) is 17.0 Å². The minimum Gasteiger partial charge on any atom is -0.368 e. The molecule has 0 radical (unpaired) electrons. The molecule has 2 bridgehead atoms. The number of rotatable bonds is 3. The monoisotopic (exact) mass is 344 g/mol. The number of amides is 1. The summed E-state index contributed by atoms with van der Waals surface area (Å²) in [7, 11) is 0. The van der Waals surface area contributed by atoms with Crippen molar-refractivity contribution in [3.63, 3.8) is 0 Å². The highest BCUT2D eigenvalue weighted by Crippen LogP contribution is 2.32. The number of nitrogen functional groups attached to an aromatic ring is 1. The van der Waals surface area contributed by atoms with E-state index in [2.05, 4.69) is 19.9 Å². The summed E-state index contributed by atoms with van der Waals surface area (Å²) in [4.78, 5) is 29.9. The quantitative estimate of drug-likeness (QED) is 0.907. The maximum absolute atomic E-state index is 12.9. The molecule has 0 saturated carbocycles. The normalized spacial score (nSPS) is 23.6. The molecule has 2 aromatic heterocycles. The largest absolute Gasteiger partial charge is 0.368 e. The molecule has 126 valence electrons. The van der Waals surface area contributed by atoms with Crippen molar-refractivity contribution in [2.45, 2.75) is 32.4 Å². The molecule has 5 heterocycles. The lowest BCUT2D eigenvalue weighted by molar-refractivity contribution is -0.140. The Labute approximate surface area is 144 Å². The molecule has 2 aromatic rings. The van der Waals surface area contributed by atoms with Crippen LogP contribution in [0, 0.1) is 12.8 Å². The van der Waals surface area contributed by atoms with E-state index in [9.17, 15) is 4.79 Å². The fraction of sp³-hybridized carbons (Fsp3) is 0.500. The van der Waals surface area contributed by atoms with Crippen LogP contribution in [-0.2, 0) is 11.3 Å². The number of fused-ring (bicyclic) bond motifs is 4. The van der Waals surface area contributed by atoms with Crippen LogP contribution in [0.2, 0.25) is 0 Å². The summed E-state index contributed by atoms with van der Waals surface area (Å²) < 4.78 is 0. The number of aryl methyl sites for hydroxylation is 1. The van der Waals surface area contributed by atoms with Gasteiger partial charge >= 0.3 is 0 Å². The third-order valence-electron chi connectivity index (χ3n) is 4.79. The van der Waals surface area contributed by atoms with E-state index in [1.54, 1.807) is 11.3 Å². The van der Waals surface area contributed by atoms with Gasteiger partial charge in [-0.25, -0.2) is 9.97 Å². The summed E-state index contributed by atoms with van der Waals surface area (Å²) in [5.74, 6) is 1.35. The molecule has 24 heavy (non-hydrogen) atoms. The molecule has 3 aliphatic rings. The van der Waals surface area contributed by atoms with Crippen LogP contribution in [-0.4, -0.2) is 44.9 Å². The lowest BCUT2D eigenvalue weighted by atomic mass is 9.94. The molecule has 8 heteroatoms. The van der Waals surface area contributed by atoms with Gasteiger partial charge in [0, 0.05) is 36.3 Å². The van der Waals surface area contributed by atoms with Crippen LogP contribution in [0.1, 0.15) is 24.2 Å². The van der Waals surface area contributed by atoms with Crippen LogP contribution < -0.4 is 10.6 Å². The number of hydrogen-bond donors (Lipinski definition) is 1. The first-order valence-electron chi connectivity index (χ1n) is 8.14. The Morgan fingerprint density at radius 2 is 2.21 bits per heavy atom. The van der Waals surface area contributed by atoms with Crippen molar-refractivity contribution in [1.82, 2.24) is 19.9 Å². The van der Waals surface area contributed by atoms with Gasteiger partial charge in [0.2, 0.25) is 11.9 Å². The summed E-state index contributed by atoms with van der Waals surface area (Å²) in [6, 6.07) is 2.13. The molecule has 5 rings (SSSR count). The van der Waals surface area contributed by atoms with Gasteiger partial charge in [0.15, 0.2) is 0 Å². The molecular formula is C16H20N6OS. The number of anilines is 2. The Morgan fingerprint density at radius 3 is 2.96 bits per heavy atom. The maximum atomic E-state index is 12.9. The topological polar surface area (TPSA) is 88.2 Å². The molecule has 1 amide bonds. The van der Waals surface area contributed by atoms with Crippen LogP contribution in [0.5, 0.6) is 0 Å². The highest BCUT2D eigenvalue weighted by molar-refractivity contribution is 7.07. The van der Waals surface area contributed by atoms with E-state index in [-0.39, 0.29) is 23.8 Å². The Morgan fingerprint density at radius 1 is 1.33 bits per heavy atom. The SMILES string of the molecule is Cc1cc(N2C[C@@H]3CC[C@H](C2)N(Cc2cscn2)C3=O)nc(N)n1. The fourth-order valence-electron chi connectivity index (χ4n) is 3.66. The van der Waals surface area contributed by atoms with Crippen LogP contribution in [0.25, 0.3) is 0 Å².